The smallest absolute Gasteiger partial charge is 0.330 e. The van der Waals surface area contributed by atoms with Crippen molar-refractivity contribution in [2.24, 2.45) is 0 Å². The summed E-state index contributed by atoms with van der Waals surface area (Å²) in [5.74, 6) is 0. The largest absolute Gasteiger partial charge is 0.374 e. The van der Waals surface area contributed by atoms with Crippen molar-refractivity contribution in [1.82, 2.24) is 24.7 Å². The van der Waals surface area contributed by atoms with Gasteiger partial charge in [0.15, 0.2) is 12.0 Å². The van der Waals surface area contributed by atoms with Crippen molar-refractivity contribution < 1.29 is 24.7 Å². The second-order valence-corrected chi connectivity index (χ2v) is 13.6. The number of aryl methyl sites for hydroxylation is 1. The van der Waals surface area contributed by atoms with E-state index in [4.69, 9.17) is 4.74 Å². The van der Waals surface area contributed by atoms with Gasteiger partial charge in [0.25, 0.3) is 14.1 Å². The summed E-state index contributed by atoms with van der Waals surface area (Å²) >= 11 is 0. The lowest BCUT2D eigenvalue weighted by Gasteiger charge is -2.48. The molecule has 1 aromatic heterocycles. The Morgan fingerprint density at radius 2 is 1.35 bits per heavy atom. The molecule has 1 aliphatic rings. The van der Waals surface area contributed by atoms with Gasteiger partial charge in [0.2, 0.25) is 0 Å². The molecule has 0 aliphatic carbocycles. The molecule has 3 aromatic carbocycles. The van der Waals surface area contributed by atoms with Crippen LogP contribution in [0.2, 0.25) is 0 Å². The molecule has 48 heavy (non-hydrogen) atoms. The minimum atomic E-state index is -2.94. The Labute approximate surface area is 280 Å². The predicted octanol–water partition coefficient (Wildman–Crippen LogP) is 3.27. The summed E-state index contributed by atoms with van der Waals surface area (Å²) in [5, 5.41) is 30.2. The molecule has 1 unspecified atom stereocenters. The number of aromatic amines is 1. The number of aliphatic hydroxyl groups excluding tert-OH is 1. The lowest BCUT2D eigenvalue weighted by molar-refractivity contribution is -0.208. The Hall–Kier alpha value is -3.55. The molecular weight excluding hydrogens is 633 g/mol. The number of ether oxygens (including phenoxy) is 1. The normalized spacial score (nSPS) is 20.8. The third-order valence-corrected chi connectivity index (χ3v) is 9.54. The fourth-order valence-corrected chi connectivity index (χ4v) is 7.68. The van der Waals surface area contributed by atoms with Gasteiger partial charge in [0.1, 0.15) is 12.3 Å². The van der Waals surface area contributed by atoms with Gasteiger partial charge in [-0.2, -0.15) is 0 Å². The summed E-state index contributed by atoms with van der Waals surface area (Å²) in [6, 6.07) is 28.0. The highest BCUT2D eigenvalue weighted by molar-refractivity contribution is 7.42. The average molecular weight is 678 g/mol. The highest BCUT2D eigenvalue weighted by Crippen LogP contribution is 2.47. The molecule has 0 amide bonds. The molecule has 4 aromatic rings. The zero-order valence-corrected chi connectivity index (χ0v) is 28.5. The fraction of sp³-hybridized carbons (Fsp3) is 0.371. The molecule has 0 saturated carbocycles. The molecular formula is C35H44N5O7P. The molecule has 5 rings (SSSR count). The van der Waals surface area contributed by atoms with E-state index in [1.165, 1.54) is 10.8 Å². The van der Waals surface area contributed by atoms with E-state index in [9.17, 15) is 29.6 Å². The third-order valence-electron chi connectivity index (χ3n) is 8.73. The second kappa shape index (κ2) is 14.5. The Morgan fingerprint density at radius 1 is 0.896 bits per heavy atom. The Bertz CT molecular complexity index is 1670. The summed E-state index contributed by atoms with van der Waals surface area (Å²) in [6.45, 7) is 8.91. The van der Waals surface area contributed by atoms with Crippen LogP contribution >= 0.6 is 8.53 Å². The molecule has 256 valence electrons. The van der Waals surface area contributed by atoms with E-state index in [0.717, 1.165) is 21.5 Å². The van der Waals surface area contributed by atoms with E-state index < -0.39 is 49.6 Å². The van der Waals surface area contributed by atoms with Crippen LogP contribution in [0.4, 0.5) is 0 Å². The average Bonchev–Trinajstić information content (AvgIpc) is 3.41. The van der Waals surface area contributed by atoms with Crippen LogP contribution < -0.4 is 16.6 Å². The maximum absolute atomic E-state index is 13.1. The molecule has 1 aliphatic heterocycles. The number of rotatable bonds is 12. The van der Waals surface area contributed by atoms with E-state index in [-0.39, 0.29) is 24.1 Å². The van der Waals surface area contributed by atoms with Gasteiger partial charge in [0.05, 0.1) is 5.54 Å². The molecule has 0 radical (unpaired) electrons. The van der Waals surface area contributed by atoms with Gasteiger partial charge < -0.3 is 24.7 Å². The number of aliphatic hydroxyl groups is 2. The number of nitrogens with zero attached hydrogens (tertiary/aromatic N) is 3. The van der Waals surface area contributed by atoms with Crippen LogP contribution in [0.25, 0.3) is 0 Å². The summed E-state index contributed by atoms with van der Waals surface area (Å²) < 4.78 is 8.59. The van der Waals surface area contributed by atoms with Crippen molar-refractivity contribution in [3.63, 3.8) is 0 Å². The van der Waals surface area contributed by atoms with Crippen molar-refractivity contribution in [2.75, 3.05) is 0 Å². The SMILES string of the molecule is Cc1cn([C@H]2C[C@@](O)(NC(c3ccccc3)(c3ccccc3)c3ccccc3)[C@@H](C(O)N(N(C(C)C)C(C)C)P(O)O)O2)c(=O)[nH]c1=O. The summed E-state index contributed by atoms with van der Waals surface area (Å²) in [5.41, 5.74) is -2.17. The number of hydrogen-bond acceptors (Lipinski definition) is 10. The lowest BCUT2D eigenvalue weighted by atomic mass is 9.75. The molecule has 1 saturated heterocycles. The summed E-state index contributed by atoms with van der Waals surface area (Å²) in [6.07, 6.45) is -3.50. The number of hydrazine groups is 1. The van der Waals surface area contributed by atoms with Crippen LogP contribution in [0.3, 0.4) is 0 Å². The number of hydrogen-bond donors (Lipinski definition) is 6. The zero-order chi connectivity index (χ0) is 34.8. The van der Waals surface area contributed by atoms with Crippen LogP contribution in [0.5, 0.6) is 0 Å². The van der Waals surface area contributed by atoms with Crippen LogP contribution in [0.15, 0.2) is 107 Å². The minimum absolute atomic E-state index is 0.243. The van der Waals surface area contributed by atoms with Gasteiger partial charge in [-0.05, 0) is 51.3 Å². The first kappa shape index (κ1) is 35.7. The molecule has 0 spiro atoms. The number of aromatic nitrogens is 2. The maximum atomic E-state index is 13.1. The summed E-state index contributed by atoms with van der Waals surface area (Å²) in [7, 11) is -2.94. The Balaban J connectivity index is 1.75. The molecule has 1 fully saturated rings. The van der Waals surface area contributed by atoms with Gasteiger partial charge in [-0.25, -0.2) is 9.80 Å². The monoisotopic (exact) mass is 677 g/mol. The van der Waals surface area contributed by atoms with Crippen LogP contribution in [-0.2, 0) is 10.3 Å². The van der Waals surface area contributed by atoms with Crippen molar-refractivity contribution in [3.8, 4) is 0 Å². The van der Waals surface area contributed by atoms with Gasteiger partial charge in [-0.3, -0.25) is 19.7 Å². The van der Waals surface area contributed by atoms with Gasteiger partial charge >= 0.3 is 5.69 Å². The first-order valence-corrected chi connectivity index (χ1v) is 17.1. The zero-order valence-electron chi connectivity index (χ0n) is 27.6. The summed E-state index contributed by atoms with van der Waals surface area (Å²) in [4.78, 5) is 49.1. The third kappa shape index (κ3) is 6.81. The van der Waals surface area contributed by atoms with E-state index in [1.54, 1.807) is 11.9 Å². The quantitative estimate of drug-likeness (QED) is 0.0568. The number of benzene rings is 3. The standard InChI is InChI=1S/C35H44N5O7P/c1-23(2)39(24(3)4)40(48(45)46)32(42)30-34(44,21-29(47-30)38-22-25(5)31(41)36-33(38)43)37-35(26-15-9-6-10-16-26,27-17-11-7-12-18-27)28-19-13-8-14-20-28/h6-20,22-24,29-30,32,37,42,44-46H,21H2,1-5H3,(H,36,41,43)/t29-,30-,32?,34+/m1/s1. The van der Waals surface area contributed by atoms with Crippen molar-refractivity contribution in [3.05, 3.63) is 140 Å². The highest BCUT2D eigenvalue weighted by Gasteiger charge is 2.58. The van der Waals surface area contributed by atoms with Gasteiger partial charge in [-0.1, -0.05) is 91.0 Å². The minimum Gasteiger partial charge on any atom is -0.374 e. The Morgan fingerprint density at radius 3 is 1.77 bits per heavy atom. The van der Waals surface area contributed by atoms with Gasteiger partial charge in [0, 0.05) is 30.3 Å². The van der Waals surface area contributed by atoms with Gasteiger partial charge in [-0.15, -0.1) is 4.78 Å². The predicted molar refractivity (Wildman–Crippen MR) is 183 cm³/mol. The number of nitrogens with one attached hydrogen (secondary N) is 2. The molecule has 13 heteroatoms. The first-order chi connectivity index (χ1) is 22.8. The van der Waals surface area contributed by atoms with Crippen molar-refractivity contribution >= 4 is 8.53 Å². The van der Waals surface area contributed by atoms with E-state index in [2.05, 4.69) is 10.3 Å². The van der Waals surface area contributed by atoms with E-state index >= 15 is 0 Å². The molecule has 12 nitrogen and oxygen atoms in total. The Kier molecular flexibility index (Phi) is 10.8. The van der Waals surface area contributed by atoms with Crippen LogP contribution in [-0.4, -0.2) is 69.5 Å². The molecule has 6 N–H and O–H groups in total. The second-order valence-electron chi connectivity index (χ2n) is 12.7. The topological polar surface area (TPSA) is 164 Å². The van der Waals surface area contributed by atoms with E-state index in [0.29, 0.717) is 0 Å². The maximum Gasteiger partial charge on any atom is 0.330 e. The van der Waals surface area contributed by atoms with E-state index in [1.807, 2.05) is 119 Å². The molecule has 2 heterocycles. The number of H-pyrrole nitrogens is 1. The molecule has 0 bridgehead atoms. The lowest BCUT2D eigenvalue weighted by Crippen LogP contribution is -2.66. The first-order valence-electron chi connectivity index (χ1n) is 15.9. The van der Waals surface area contributed by atoms with Crippen LogP contribution in [0.1, 0.15) is 62.6 Å². The highest BCUT2D eigenvalue weighted by atomic mass is 31.2. The molecule has 4 atom stereocenters. The van der Waals surface area contributed by atoms with Crippen LogP contribution in [0, 0.1) is 6.92 Å². The van der Waals surface area contributed by atoms with Crippen molar-refractivity contribution in [1.29, 1.82) is 0 Å². The van der Waals surface area contributed by atoms with Crippen molar-refractivity contribution in [2.45, 2.75) is 82.9 Å². The fourth-order valence-electron chi connectivity index (χ4n) is 6.75.